The number of rotatable bonds is 7. The van der Waals surface area contributed by atoms with E-state index in [1.165, 1.54) is 29.5 Å². The van der Waals surface area contributed by atoms with Crippen molar-refractivity contribution in [1.29, 1.82) is 0 Å². The highest BCUT2D eigenvalue weighted by molar-refractivity contribution is 5.29. The molecule has 2 heteroatoms. The van der Waals surface area contributed by atoms with Crippen molar-refractivity contribution < 1.29 is 4.74 Å². The Morgan fingerprint density at radius 2 is 1.21 bits per heavy atom. The molecule has 0 radical (unpaired) electrons. The maximum Gasteiger partial charge on any atom is 0.108 e. The Bertz CT molecular complexity index is 771. The van der Waals surface area contributed by atoms with Gasteiger partial charge in [-0.25, -0.2) is 0 Å². The van der Waals surface area contributed by atoms with E-state index in [1.54, 1.807) is 0 Å². The van der Waals surface area contributed by atoms with E-state index in [4.69, 9.17) is 4.74 Å². The number of piperidine rings is 1. The van der Waals surface area contributed by atoms with E-state index in [0.29, 0.717) is 5.92 Å². The van der Waals surface area contributed by atoms with E-state index in [-0.39, 0.29) is 6.10 Å². The molecule has 0 amide bonds. The van der Waals surface area contributed by atoms with Crippen LogP contribution >= 0.6 is 0 Å². The van der Waals surface area contributed by atoms with Crippen LogP contribution in [0.3, 0.4) is 0 Å². The second-order valence-electron chi connectivity index (χ2n) is 7.74. The molecule has 2 nitrogen and oxygen atoms in total. The summed E-state index contributed by atoms with van der Waals surface area (Å²) in [4.78, 5) is 2.57. The molecule has 1 heterocycles. The lowest BCUT2D eigenvalue weighted by molar-refractivity contribution is 0.0300. The van der Waals surface area contributed by atoms with Gasteiger partial charge in [-0.15, -0.1) is 0 Å². The van der Waals surface area contributed by atoms with Gasteiger partial charge in [-0.1, -0.05) is 91.0 Å². The Hall–Kier alpha value is -2.42. The topological polar surface area (TPSA) is 12.5 Å². The third kappa shape index (κ3) is 5.09. The van der Waals surface area contributed by atoms with E-state index in [2.05, 4.69) is 95.9 Å². The maximum absolute atomic E-state index is 6.49. The molecular weight excluding hydrogens is 342 g/mol. The first-order valence-corrected chi connectivity index (χ1v) is 10.4. The van der Waals surface area contributed by atoms with Crippen LogP contribution in [0.2, 0.25) is 0 Å². The first kappa shape index (κ1) is 18.9. The van der Waals surface area contributed by atoms with Gasteiger partial charge in [0, 0.05) is 6.54 Å². The zero-order valence-corrected chi connectivity index (χ0v) is 16.4. The number of nitrogens with zero attached hydrogens (tertiary/aromatic N) is 1. The normalized spacial score (nSPS) is 15.8. The Morgan fingerprint density at radius 1 is 0.714 bits per heavy atom. The lowest BCUT2D eigenvalue weighted by atomic mass is 9.96. The molecule has 28 heavy (non-hydrogen) atoms. The summed E-state index contributed by atoms with van der Waals surface area (Å²) in [7, 11) is 0. The summed E-state index contributed by atoms with van der Waals surface area (Å²) >= 11 is 0. The molecular formula is C26H29NO. The fourth-order valence-electron chi connectivity index (χ4n) is 4.03. The molecule has 0 unspecified atom stereocenters. The van der Waals surface area contributed by atoms with Crippen LogP contribution in [-0.4, -0.2) is 24.6 Å². The van der Waals surface area contributed by atoms with Crippen LogP contribution in [0.1, 0.15) is 35.6 Å². The van der Waals surface area contributed by atoms with Gasteiger partial charge in [0.05, 0.1) is 6.61 Å². The fraction of sp³-hybridized carbons (Fsp3) is 0.308. The maximum atomic E-state index is 6.49. The summed E-state index contributed by atoms with van der Waals surface area (Å²) in [5, 5.41) is 0. The predicted molar refractivity (Wildman–Crippen MR) is 115 cm³/mol. The van der Waals surface area contributed by atoms with Crippen LogP contribution in [0, 0.1) is 5.92 Å². The highest BCUT2D eigenvalue weighted by Gasteiger charge is 2.22. The van der Waals surface area contributed by atoms with Crippen molar-refractivity contribution in [2.24, 2.45) is 5.92 Å². The highest BCUT2D eigenvalue weighted by Crippen LogP contribution is 2.28. The molecule has 1 aliphatic rings. The Kier molecular flexibility index (Phi) is 6.54. The van der Waals surface area contributed by atoms with Crippen molar-refractivity contribution in [2.75, 3.05) is 19.7 Å². The fourth-order valence-corrected chi connectivity index (χ4v) is 4.03. The number of likely N-dealkylation sites (tertiary alicyclic amines) is 1. The summed E-state index contributed by atoms with van der Waals surface area (Å²) in [6, 6.07) is 32.0. The minimum Gasteiger partial charge on any atom is -0.368 e. The molecule has 0 aromatic heterocycles. The molecule has 3 aromatic rings. The van der Waals surface area contributed by atoms with Gasteiger partial charge in [0.1, 0.15) is 6.10 Å². The largest absolute Gasteiger partial charge is 0.368 e. The third-order valence-electron chi connectivity index (χ3n) is 5.66. The molecule has 0 aliphatic carbocycles. The molecule has 0 saturated carbocycles. The minimum atomic E-state index is 0.0183. The monoisotopic (exact) mass is 371 g/mol. The third-order valence-corrected chi connectivity index (χ3v) is 5.66. The molecule has 3 aromatic carbocycles. The van der Waals surface area contributed by atoms with Gasteiger partial charge in [0.15, 0.2) is 0 Å². The van der Waals surface area contributed by atoms with Crippen molar-refractivity contribution in [3.63, 3.8) is 0 Å². The molecule has 0 bridgehead atoms. The first-order chi connectivity index (χ1) is 13.9. The van der Waals surface area contributed by atoms with Crippen LogP contribution < -0.4 is 0 Å². The zero-order valence-electron chi connectivity index (χ0n) is 16.4. The van der Waals surface area contributed by atoms with Crippen LogP contribution in [0.5, 0.6) is 0 Å². The molecule has 1 aliphatic heterocycles. The highest BCUT2D eigenvalue weighted by atomic mass is 16.5. The van der Waals surface area contributed by atoms with Gasteiger partial charge in [-0.05, 0) is 48.5 Å². The average molecular weight is 372 g/mol. The summed E-state index contributed by atoms with van der Waals surface area (Å²) in [6.07, 6.45) is 2.44. The standard InChI is InChI=1S/C26H29NO/c1-4-10-22(11-5-1)20-27-18-16-23(17-19-27)21-28-26(24-12-6-2-7-13-24)25-14-8-3-9-15-25/h1-15,23,26H,16-21H2. The van der Waals surface area contributed by atoms with Crippen molar-refractivity contribution in [3.05, 3.63) is 108 Å². The van der Waals surface area contributed by atoms with E-state index >= 15 is 0 Å². The molecule has 1 fully saturated rings. The summed E-state index contributed by atoms with van der Waals surface area (Å²) in [5.74, 6) is 0.641. The Labute approximate surface area is 168 Å². The number of benzene rings is 3. The summed E-state index contributed by atoms with van der Waals surface area (Å²) in [6.45, 7) is 4.20. The molecule has 0 N–H and O–H groups in total. The van der Waals surface area contributed by atoms with Crippen LogP contribution in [0.25, 0.3) is 0 Å². The van der Waals surface area contributed by atoms with Crippen LogP contribution in [0.4, 0.5) is 0 Å². The van der Waals surface area contributed by atoms with Crippen LogP contribution in [0.15, 0.2) is 91.0 Å². The second-order valence-corrected chi connectivity index (χ2v) is 7.74. The van der Waals surface area contributed by atoms with Crippen LogP contribution in [-0.2, 0) is 11.3 Å². The van der Waals surface area contributed by atoms with Gasteiger partial charge >= 0.3 is 0 Å². The van der Waals surface area contributed by atoms with E-state index in [0.717, 1.165) is 26.2 Å². The average Bonchev–Trinajstić information content (AvgIpc) is 2.77. The quantitative estimate of drug-likeness (QED) is 0.528. The van der Waals surface area contributed by atoms with Crippen molar-refractivity contribution >= 4 is 0 Å². The van der Waals surface area contributed by atoms with Gasteiger partial charge in [0.25, 0.3) is 0 Å². The van der Waals surface area contributed by atoms with Crippen molar-refractivity contribution in [2.45, 2.75) is 25.5 Å². The molecule has 0 spiro atoms. The SMILES string of the molecule is c1ccc(CN2CCC(COC(c3ccccc3)c3ccccc3)CC2)cc1. The van der Waals surface area contributed by atoms with E-state index in [9.17, 15) is 0 Å². The molecule has 4 rings (SSSR count). The first-order valence-electron chi connectivity index (χ1n) is 10.4. The molecule has 144 valence electrons. The number of hydrogen-bond donors (Lipinski definition) is 0. The number of hydrogen-bond acceptors (Lipinski definition) is 2. The summed E-state index contributed by atoms with van der Waals surface area (Å²) < 4.78 is 6.49. The number of ether oxygens (including phenoxy) is 1. The van der Waals surface area contributed by atoms with Gasteiger partial charge < -0.3 is 4.74 Å². The smallest absolute Gasteiger partial charge is 0.108 e. The Balaban J connectivity index is 1.33. The van der Waals surface area contributed by atoms with Gasteiger partial charge in [-0.2, -0.15) is 0 Å². The minimum absolute atomic E-state index is 0.0183. The lowest BCUT2D eigenvalue weighted by Gasteiger charge is -2.32. The zero-order chi connectivity index (χ0) is 19.0. The van der Waals surface area contributed by atoms with Gasteiger partial charge in [0.2, 0.25) is 0 Å². The lowest BCUT2D eigenvalue weighted by Crippen LogP contribution is -2.34. The predicted octanol–water partition coefficient (Wildman–Crippen LogP) is 5.70. The van der Waals surface area contributed by atoms with Crippen molar-refractivity contribution in [3.8, 4) is 0 Å². The van der Waals surface area contributed by atoms with E-state index in [1.807, 2.05) is 0 Å². The van der Waals surface area contributed by atoms with E-state index < -0.39 is 0 Å². The van der Waals surface area contributed by atoms with Gasteiger partial charge in [-0.3, -0.25) is 4.90 Å². The summed E-state index contributed by atoms with van der Waals surface area (Å²) in [5.41, 5.74) is 3.87. The Morgan fingerprint density at radius 3 is 1.75 bits per heavy atom. The second kappa shape index (κ2) is 9.68. The molecule has 0 atom stereocenters. The molecule has 1 saturated heterocycles. The van der Waals surface area contributed by atoms with Crippen molar-refractivity contribution in [1.82, 2.24) is 4.90 Å².